The van der Waals surface area contributed by atoms with Crippen LogP contribution in [0.4, 0.5) is 9.18 Å². The number of hydrogen-bond donors (Lipinski definition) is 3. The first-order valence-corrected chi connectivity index (χ1v) is 8.46. The molecule has 0 fully saturated rings. The third kappa shape index (κ3) is 11.9. The van der Waals surface area contributed by atoms with Gasteiger partial charge in [-0.2, -0.15) is 0 Å². The van der Waals surface area contributed by atoms with Crippen LogP contribution in [0.3, 0.4) is 0 Å². The van der Waals surface area contributed by atoms with E-state index >= 15 is 0 Å². The number of rotatable bonds is 7. The van der Waals surface area contributed by atoms with Gasteiger partial charge in [-0.15, -0.1) is 24.0 Å². The minimum Gasteiger partial charge on any atom is -0.444 e. The Bertz CT molecular complexity index is 577. The molecular formula is C18H30FIN4O2. The Kier molecular flexibility index (Phi) is 11.9. The van der Waals surface area contributed by atoms with Gasteiger partial charge in [0, 0.05) is 26.7 Å². The summed E-state index contributed by atoms with van der Waals surface area (Å²) in [5, 5.41) is 8.96. The first-order valence-electron chi connectivity index (χ1n) is 8.46. The molecule has 6 nitrogen and oxygen atoms in total. The van der Waals surface area contributed by atoms with Crippen molar-refractivity contribution in [1.29, 1.82) is 0 Å². The Labute approximate surface area is 172 Å². The number of alkyl carbamates (subject to hydrolysis) is 1. The predicted octanol–water partition coefficient (Wildman–Crippen LogP) is 3.07. The molecule has 1 rings (SSSR count). The summed E-state index contributed by atoms with van der Waals surface area (Å²) in [5.41, 5.74) is 0.475. The molecule has 0 spiro atoms. The molecule has 1 aromatic carbocycles. The Hall–Kier alpha value is -1.58. The van der Waals surface area contributed by atoms with Gasteiger partial charge in [0.2, 0.25) is 0 Å². The van der Waals surface area contributed by atoms with Gasteiger partial charge in [0.25, 0.3) is 0 Å². The lowest BCUT2D eigenvalue weighted by atomic mass is 10.1. The van der Waals surface area contributed by atoms with Crippen molar-refractivity contribution in [1.82, 2.24) is 16.0 Å². The second kappa shape index (κ2) is 12.7. The lowest BCUT2D eigenvalue weighted by Gasteiger charge is -2.19. The average Bonchev–Trinajstić information content (AvgIpc) is 2.51. The van der Waals surface area contributed by atoms with Gasteiger partial charge in [0.05, 0.1) is 0 Å². The molecule has 0 unspecified atom stereocenters. The van der Waals surface area contributed by atoms with Crippen molar-refractivity contribution in [2.75, 3.05) is 26.7 Å². The predicted molar refractivity (Wildman–Crippen MR) is 114 cm³/mol. The summed E-state index contributed by atoms with van der Waals surface area (Å²) in [7, 11) is 1.68. The van der Waals surface area contributed by atoms with E-state index < -0.39 is 11.7 Å². The fourth-order valence-electron chi connectivity index (χ4n) is 2.07. The zero-order valence-electron chi connectivity index (χ0n) is 15.9. The van der Waals surface area contributed by atoms with E-state index in [1.54, 1.807) is 19.2 Å². The summed E-state index contributed by atoms with van der Waals surface area (Å²) in [6, 6.07) is 6.63. The third-order valence-electron chi connectivity index (χ3n) is 3.13. The van der Waals surface area contributed by atoms with Gasteiger partial charge in [-0.3, -0.25) is 4.99 Å². The number of hydrogen-bond acceptors (Lipinski definition) is 3. The van der Waals surface area contributed by atoms with Crippen LogP contribution in [-0.4, -0.2) is 44.3 Å². The van der Waals surface area contributed by atoms with Gasteiger partial charge in [-0.1, -0.05) is 12.1 Å². The molecule has 1 aromatic rings. The van der Waals surface area contributed by atoms with Gasteiger partial charge < -0.3 is 20.7 Å². The van der Waals surface area contributed by atoms with E-state index in [0.717, 1.165) is 24.9 Å². The summed E-state index contributed by atoms with van der Waals surface area (Å²) in [5.74, 6) is 0.450. The number of carbonyl (C=O) groups is 1. The van der Waals surface area contributed by atoms with Gasteiger partial charge in [-0.25, -0.2) is 9.18 Å². The molecule has 0 heterocycles. The summed E-state index contributed by atoms with van der Waals surface area (Å²) >= 11 is 0. The van der Waals surface area contributed by atoms with Gasteiger partial charge in [0.15, 0.2) is 5.96 Å². The molecule has 0 aliphatic carbocycles. The van der Waals surface area contributed by atoms with E-state index in [0.29, 0.717) is 19.0 Å². The molecule has 148 valence electrons. The maximum Gasteiger partial charge on any atom is 0.407 e. The van der Waals surface area contributed by atoms with Crippen LogP contribution < -0.4 is 16.0 Å². The zero-order valence-corrected chi connectivity index (χ0v) is 18.2. The number of nitrogens with one attached hydrogen (secondary N) is 3. The van der Waals surface area contributed by atoms with Crippen LogP contribution in [0.25, 0.3) is 0 Å². The van der Waals surface area contributed by atoms with Crippen LogP contribution in [0.5, 0.6) is 0 Å². The molecule has 0 bridgehead atoms. The maximum atomic E-state index is 13.1. The lowest BCUT2D eigenvalue weighted by Crippen LogP contribution is -2.42. The Morgan fingerprint density at radius 3 is 2.42 bits per heavy atom. The van der Waals surface area contributed by atoms with Crippen molar-refractivity contribution in [3.63, 3.8) is 0 Å². The number of amides is 1. The molecule has 0 saturated heterocycles. The number of aryl methyl sites for hydroxylation is 1. The van der Waals surface area contributed by atoms with Crippen molar-refractivity contribution in [3.8, 4) is 0 Å². The molecule has 0 aliphatic heterocycles. The highest BCUT2D eigenvalue weighted by Gasteiger charge is 2.15. The highest BCUT2D eigenvalue weighted by Crippen LogP contribution is 2.06. The molecule has 0 aliphatic rings. The van der Waals surface area contributed by atoms with Gasteiger partial charge in [-0.05, 0) is 51.3 Å². The van der Waals surface area contributed by atoms with Crippen LogP contribution in [0.15, 0.2) is 29.3 Å². The fraction of sp³-hybridized carbons (Fsp3) is 0.556. The normalized spacial score (nSPS) is 11.3. The molecule has 0 aromatic heterocycles. The molecule has 8 heteroatoms. The van der Waals surface area contributed by atoms with Crippen LogP contribution in [0, 0.1) is 5.82 Å². The second-order valence-corrected chi connectivity index (χ2v) is 6.59. The monoisotopic (exact) mass is 480 g/mol. The van der Waals surface area contributed by atoms with Crippen LogP contribution in [0.2, 0.25) is 0 Å². The zero-order chi connectivity index (χ0) is 18.7. The van der Waals surface area contributed by atoms with Crippen molar-refractivity contribution >= 4 is 36.0 Å². The van der Waals surface area contributed by atoms with Gasteiger partial charge in [0.1, 0.15) is 11.4 Å². The first kappa shape index (κ1) is 24.4. The summed E-state index contributed by atoms with van der Waals surface area (Å²) < 4.78 is 18.2. The number of benzene rings is 1. The summed E-state index contributed by atoms with van der Waals surface area (Å²) in [6.07, 6.45) is 1.22. The molecule has 0 atom stereocenters. The number of halogens is 2. The molecule has 26 heavy (non-hydrogen) atoms. The number of nitrogens with zero attached hydrogens (tertiary/aromatic N) is 1. The number of guanidine groups is 1. The van der Waals surface area contributed by atoms with Crippen LogP contribution in [0.1, 0.15) is 32.8 Å². The number of aliphatic imine (C=N–C) groups is 1. The largest absolute Gasteiger partial charge is 0.444 e. The van der Waals surface area contributed by atoms with E-state index in [2.05, 4.69) is 20.9 Å². The Morgan fingerprint density at radius 2 is 1.81 bits per heavy atom. The lowest BCUT2D eigenvalue weighted by molar-refractivity contribution is 0.0529. The Balaban J connectivity index is 0.00000625. The van der Waals surface area contributed by atoms with E-state index in [4.69, 9.17) is 4.74 Å². The highest BCUT2D eigenvalue weighted by atomic mass is 127. The van der Waals surface area contributed by atoms with E-state index in [1.165, 1.54) is 6.07 Å². The summed E-state index contributed by atoms with van der Waals surface area (Å²) in [6.45, 7) is 7.14. The first-order chi connectivity index (χ1) is 11.8. The average molecular weight is 480 g/mol. The SMILES string of the molecule is CN=C(NCCCc1cccc(F)c1)NCCNC(=O)OC(C)(C)C.I. The molecule has 3 N–H and O–H groups in total. The maximum absolute atomic E-state index is 13.1. The third-order valence-corrected chi connectivity index (χ3v) is 3.13. The minimum atomic E-state index is -0.503. The Morgan fingerprint density at radius 1 is 1.15 bits per heavy atom. The molecule has 1 amide bonds. The fourth-order valence-corrected chi connectivity index (χ4v) is 2.07. The van der Waals surface area contributed by atoms with Crippen LogP contribution >= 0.6 is 24.0 Å². The number of carbonyl (C=O) groups excluding carboxylic acids is 1. The van der Waals surface area contributed by atoms with E-state index in [-0.39, 0.29) is 29.8 Å². The summed E-state index contributed by atoms with van der Waals surface area (Å²) in [4.78, 5) is 15.6. The van der Waals surface area contributed by atoms with Crippen molar-refractivity contribution in [2.45, 2.75) is 39.2 Å². The topological polar surface area (TPSA) is 74.8 Å². The van der Waals surface area contributed by atoms with Gasteiger partial charge >= 0.3 is 6.09 Å². The second-order valence-electron chi connectivity index (χ2n) is 6.59. The van der Waals surface area contributed by atoms with Crippen molar-refractivity contribution < 1.29 is 13.9 Å². The minimum absolute atomic E-state index is 0. The van der Waals surface area contributed by atoms with E-state index in [9.17, 15) is 9.18 Å². The molecule has 0 radical (unpaired) electrons. The standard InChI is InChI=1S/C18H29FN4O2.HI/c1-18(2,3)25-17(24)23-12-11-22-16(20-4)21-10-6-8-14-7-5-9-15(19)13-14;/h5,7,9,13H,6,8,10-12H2,1-4H3,(H,23,24)(H2,20,21,22);1H. The molecular weight excluding hydrogens is 450 g/mol. The highest BCUT2D eigenvalue weighted by molar-refractivity contribution is 14.0. The van der Waals surface area contributed by atoms with Crippen molar-refractivity contribution in [3.05, 3.63) is 35.6 Å². The smallest absolute Gasteiger partial charge is 0.407 e. The van der Waals surface area contributed by atoms with E-state index in [1.807, 2.05) is 26.8 Å². The molecule has 0 saturated carbocycles. The number of ether oxygens (including phenoxy) is 1. The van der Waals surface area contributed by atoms with Crippen molar-refractivity contribution in [2.24, 2.45) is 4.99 Å². The quantitative estimate of drug-likeness (QED) is 0.243. The van der Waals surface area contributed by atoms with Crippen LogP contribution in [-0.2, 0) is 11.2 Å².